The zero-order valence-electron chi connectivity index (χ0n) is 18.2. The Hall–Kier alpha value is -2.73. The number of ketones is 1. The van der Waals surface area contributed by atoms with Gasteiger partial charge in [-0.1, -0.05) is 36.4 Å². The Morgan fingerprint density at radius 1 is 0.903 bits per heavy atom. The second kappa shape index (κ2) is 10.5. The number of piperazine rings is 1. The van der Waals surface area contributed by atoms with Gasteiger partial charge in [-0.25, -0.2) is 4.98 Å². The highest BCUT2D eigenvalue weighted by atomic mass is 16.2. The molecule has 0 aliphatic carbocycles. The number of benzene rings is 1. The van der Waals surface area contributed by atoms with Gasteiger partial charge >= 0.3 is 0 Å². The van der Waals surface area contributed by atoms with E-state index in [1.54, 1.807) is 0 Å². The molecule has 31 heavy (non-hydrogen) atoms. The van der Waals surface area contributed by atoms with E-state index >= 15 is 0 Å². The molecule has 4 rings (SSSR count). The molecule has 0 N–H and O–H groups in total. The van der Waals surface area contributed by atoms with Crippen molar-refractivity contribution in [3.05, 3.63) is 60.3 Å². The van der Waals surface area contributed by atoms with Crippen LogP contribution < -0.4 is 4.90 Å². The van der Waals surface area contributed by atoms with Crippen LogP contribution in [0.2, 0.25) is 0 Å². The van der Waals surface area contributed by atoms with E-state index in [2.05, 4.69) is 20.9 Å². The molecule has 1 atom stereocenters. The minimum atomic E-state index is 0.0493. The Bertz CT molecular complexity index is 850. The molecule has 1 amide bonds. The number of pyridine rings is 1. The summed E-state index contributed by atoms with van der Waals surface area (Å²) < 4.78 is 0. The minimum Gasteiger partial charge on any atom is -0.354 e. The maximum atomic E-state index is 12.7. The Morgan fingerprint density at radius 2 is 1.68 bits per heavy atom. The van der Waals surface area contributed by atoms with Crippen LogP contribution >= 0.6 is 0 Å². The van der Waals surface area contributed by atoms with Crippen molar-refractivity contribution in [3.63, 3.8) is 0 Å². The van der Waals surface area contributed by atoms with E-state index in [9.17, 15) is 9.59 Å². The smallest absolute Gasteiger partial charge is 0.223 e. The summed E-state index contributed by atoms with van der Waals surface area (Å²) in [6.07, 6.45) is 4.68. The topological polar surface area (TPSA) is 56.8 Å². The summed E-state index contributed by atoms with van der Waals surface area (Å²) in [4.78, 5) is 36.3. The third-order valence-corrected chi connectivity index (χ3v) is 6.40. The summed E-state index contributed by atoms with van der Waals surface area (Å²) in [6.45, 7) is 6.74. The van der Waals surface area contributed by atoms with Gasteiger partial charge in [0.05, 0.1) is 0 Å². The molecule has 0 spiro atoms. The lowest BCUT2D eigenvalue weighted by molar-refractivity contribution is -0.133. The summed E-state index contributed by atoms with van der Waals surface area (Å²) in [5.41, 5.74) is 0.691. The average Bonchev–Trinajstić information content (AvgIpc) is 2.84. The summed E-state index contributed by atoms with van der Waals surface area (Å²) >= 11 is 0. The number of hydrogen-bond donors (Lipinski definition) is 0. The van der Waals surface area contributed by atoms with Crippen LogP contribution in [0, 0.1) is 5.92 Å². The fourth-order valence-corrected chi connectivity index (χ4v) is 4.65. The SMILES string of the molecule is O=C(CCC(=O)N1CCCC(CN2CCN(c3ccccn3)CC2)C1)c1ccccc1. The van der Waals surface area contributed by atoms with Crippen LogP contribution in [0.15, 0.2) is 54.7 Å². The van der Waals surface area contributed by atoms with Gasteiger partial charge < -0.3 is 9.80 Å². The lowest BCUT2D eigenvalue weighted by atomic mass is 9.96. The molecular weight excluding hydrogens is 388 g/mol. The predicted molar refractivity (Wildman–Crippen MR) is 122 cm³/mol. The number of aromatic nitrogens is 1. The van der Waals surface area contributed by atoms with E-state index in [-0.39, 0.29) is 11.7 Å². The number of carbonyl (C=O) groups is 2. The fourth-order valence-electron chi connectivity index (χ4n) is 4.65. The van der Waals surface area contributed by atoms with E-state index in [1.165, 1.54) is 6.42 Å². The Labute approximate surface area is 184 Å². The molecule has 0 saturated carbocycles. The van der Waals surface area contributed by atoms with Crippen LogP contribution in [0.25, 0.3) is 0 Å². The van der Waals surface area contributed by atoms with Gasteiger partial charge in [0, 0.05) is 70.4 Å². The number of Topliss-reactive ketones (excluding diaryl/α,β-unsaturated/α-hetero) is 1. The maximum absolute atomic E-state index is 12.7. The number of likely N-dealkylation sites (tertiary alicyclic amines) is 1. The third-order valence-electron chi connectivity index (χ3n) is 6.40. The van der Waals surface area contributed by atoms with Crippen LogP contribution in [-0.4, -0.2) is 72.3 Å². The van der Waals surface area contributed by atoms with Crippen molar-refractivity contribution in [1.29, 1.82) is 0 Å². The van der Waals surface area contributed by atoms with Crippen LogP contribution in [0.4, 0.5) is 5.82 Å². The number of rotatable bonds is 7. The maximum Gasteiger partial charge on any atom is 0.223 e. The number of piperidine rings is 1. The number of nitrogens with zero attached hydrogens (tertiary/aromatic N) is 4. The predicted octanol–water partition coefficient (Wildman–Crippen LogP) is 3.11. The summed E-state index contributed by atoms with van der Waals surface area (Å²) in [5.74, 6) is 1.74. The average molecular weight is 421 g/mol. The van der Waals surface area contributed by atoms with Gasteiger partial charge in [0.25, 0.3) is 0 Å². The molecule has 2 aliphatic rings. The van der Waals surface area contributed by atoms with E-state index in [0.29, 0.717) is 24.3 Å². The van der Waals surface area contributed by atoms with Crippen LogP contribution in [0.1, 0.15) is 36.0 Å². The standard InChI is InChI=1S/C25H32N4O2/c30-23(22-8-2-1-3-9-22)11-12-25(31)29-14-6-7-21(20-29)19-27-15-17-28(18-16-27)24-10-4-5-13-26-24/h1-5,8-10,13,21H,6-7,11-12,14-20H2. The van der Waals surface area contributed by atoms with Gasteiger partial charge in [-0.3, -0.25) is 14.5 Å². The molecule has 1 aromatic carbocycles. The van der Waals surface area contributed by atoms with Crippen molar-refractivity contribution in [2.45, 2.75) is 25.7 Å². The summed E-state index contributed by atoms with van der Waals surface area (Å²) in [7, 11) is 0. The highest BCUT2D eigenvalue weighted by molar-refractivity contribution is 5.97. The number of amides is 1. The highest BCUT2D eigenvalue weighted by Crippen LogP contribution is 2.21. The zero-order valence-corrected chi connectivity index (χ0v) is 18.2. The summed E-state index contributed by atoms with van der Waals surface area (Å²) in [5, 5.41) is 0. The quantitative estimate of drug-likeness (QED) is 0.645. The first-order valence-electron chi connectivity index (χ1n) is 11.4. The van der Waals surface area contributed by atoms with E-state index < -0.39 is 0 Å². The molecule has 2 aromatic rings. The molecule has 6 heteroatoms. The first kappa shape index (κ1) is 21.5. The van der Waals surface area contributed by atoms with Gasteiger partial charge in [-0.15, -0.1) is 0 Å². The normalized spacial score (nSPS) is 19.9. The Morgan fingerprint density at radius 3 is 2.42 bits per heavy atom. The van der Waals surface area contributed by atoms with E-state index in [4.69, 9.17) is 0 Å². The van der Waals surface area contributed by atoms with Crippen molar-refractivity contribution in [2.75, 3.05) is 50.7 Å². The van der Waals surface area contributed by atoms with Crippen molar-refractivity contribution in [3.8, 4) is 0 Å². The molecule has 164 valence electrons. The molecule has 2 saturated heterocycles. The van der Waals surface area contributed by atoms with E-state index in [1.807, 2.05) is 53.6 Å². The monoisotopic (exact) mass is 420 g/mol. The second-order valence-corrected chi connectivity index (χ2v) is 8.61. The third kappa shape index (κ3) is 5.91. The Balaban J connectivity index is 1.21. The van der Waals surface area contributed by atoms with Crippen molar-refractivity contribution in [2.24, 2.45) is 5.92 Å². The molecule has 3 heterocycles. The molecule has 1 aromatic heterocycles. The van der Waals surface area contributed by atoms with Crippen LogP contribution in [0.3, 0.4) is 0 Å². The Kier molecular flexibility index (Phi) is 7.30. The van der Waals surface area contributed by atoms with Crippen LogP contribution in [-0.2, 0) is 4.79 Å². The van der Waals surface area contributed by atoms with Gasteiger partial charge in [0.15, 0.2) is 5.78 Å². The molecule has 6 nitrogen and oxygen atoms in total. The van der Waals surface area contributed by atoms with Crippen LogP contribution in [0.5, 0.6) is 0 Å². The lowest BCUT2D eigenvalue weighted by Crippen LogP contribution is -2.50. The second-order valence-electron chi connectivity index (χ2n) is 8.61. The van der Waals surface area contributed by atoms with Gasteiger partial charge in [-0.2, -0.15) is 0 Å². The number of anilines is 1. The number of carbonyl (C=O) groups excluding carboxylic acids is 2. The van der Waals surface area contributed by atoms with Crippen molar-refractivity contribution < 1.29 is 9.59 Å². The number of hydrogen-bond acceptors (Lipinski definition) is 5. The molecule has 2 aliphatic heterocycles. The molecule has 0 bridgehead atoms. The molecule has 0 radical (unpaired) electrons. The molecular formula is C25H32N4O2. The minimum absolute atomic E-state index is 0.0493. The van der Waals surface area contributed by atoms with E-state index in [0.717, 1.165) is 58.1 Å². The molecule has 1 unspecified atom stereocenters. The lowest BCUT2D eigenvalue weighted by Gasteiger charge is -2.39. The largest absolute Gasteiger partial charge is 0.354 e. The van der Waals surface area contributed by atoms with Gasteiger partial charge in [0.1, 0.15) is 5.82 Å². The summed E-state index contributed by atoms with van der Waals surface area (Å²) in [6, 6.07) is 15.3. The van der Waals surface area contributed by atoms with Crippen molar-refractivity contribution >= 4 is 17.5 Å². The first-order valence-corrected chi connectivity index (χ1v) is 11.4. The van der Waals surface area contributed by atoms with Crippen molar-refractivity contribution in [1.82, 2.24) is 14.8 Å². The van der Waals surface area contributed by atoms with Gasteiger partial charge in [-0.05, 0) is 30.9 Å². The zero-order chi connectivity index (χ0) is 21.5. The first-order chi connectivity index (χ1) is 15.2. The fraction of sp³-hybridized carbons (Fsp3) is 0.480. The molecule has 2 fully saturated rings. The highest BCUT2D eigenvalue weighted by Gasteiger charge is 2.27. The van der Waals surface area contributed by atoms with Gasteiger partial charge in [0.2, 0.25) is 5.91 Å².